The Hall–Kier alpha value is -0.310. The maximum atomic E-state index is 10.6. The molecule has 0 spiro atoms. The molecule has 0 aliphatic carbocycles. The van der Waals surface area contributed by atoms with Crippen LogP contribution >= 0.6 is 0 Å². The summed E-state index contributed by atoms with van der Waals surface area (Å²) in [6, 6.07) is 7.01. The second kappa shape index (κ2) is 4.96. The van der Waals surface area contributed by atoms with Crippen LogP contribution in [0.1, 0.15) is 36.7 Å². The molecule has 0 radical (unpaired) electrons. The van der Waals surface area contributed by atoms with E-state index in [1.807, 2.05) is 12.1 Å². The van der Waals surface area contributed by atoms with Crippen molar-refractivity contribution in [2.24, 2.45) is 0 Å². The van der Waals surface area contributed by atoms with Crippen LogP contribution in [0.15, 0.2) is 24.3 Å². The van der Waals surface area contributed by atoms with Gasteiger partial charge in [-0.1, -0.05) is 32.9 Å². The van der Waals surface area contributed by atoms with Crippen LogP contribution in [0.4, 0.5) is 0 Å². The minimum atomic E-state index is -0.875. The van der Waals surface area contributed by atoms with Gasteiger partial charge in [0.15, 0.2) is 0 Å². The fourth-order valence-electron chi connectivity index (χ4n) is 1.11. The Balaban J connectivity index is 0.00000169. The number of rotatable bonds is 1. The molecule has 1 N–H and O–H groups in total. The molecule has 1 aromatic rings. The van der Waals surface area contributed by atoms with Gasteiger partial charge in [-0.2, -0.15) is 0 Å². The van der Waals surface area contributed by atoms with Crippen molar-refractivity contribution in [3.63, 3.8) is 0 Å². The van der Waals surface area contributed by atoms with E-state index >= 15 is 0 Å². The minimum absolute atomic E-state index is 0. The van der Waals surface area contributed by atoms with Gasteiger partial charge in [0.2, 0.25) is 0 Å². The van der Waals surface area contributed by atoms with E-state index < -0.39 is 5.97 Å². The molecule has 0 amide bonds. The van der Waals surface area contributed by atoms with Gasteiger partial charge in [0.05, 0.1) is 5.56 Å². The van der Waals surface area contributed by atoms with Gasteiger partial charge in [-0.15, -0.1) is 0 Å². The summed E-state index contributed by atoms with van der Waals surface area (Å²) in [6.45, 7) is 6.30. The molecule has 1 rings (SSSR count). The Kier molecular flexibility index (Phi) is 4.85. The molecular formula is C11H15NaO2. The molecular weight excluding hydrogens is 187 g/mol. The third-order valence-corrected chi connectivity index (χ3v) is 2.00. The molecule has 2 nitrogen and oxygen atoms in total. The quantitative estimate of drug-likeness (QED) is 0.707. The van der Waals surface area contributed by atoms with Gasteiger partial charge in [0.25, 0.3) is 0 Å². The summed E-state index contributed by atoms with van der Waals surface area (Å²) in [5, 5.41) is 8.68. The predicted octanol–water partition coefficient (Wildman–Crippen LogP) is 2.03. The van der Waals surface area contributed by atoms with E-state index in [4.69, 9.17) is 5.11 Å². The van der Waals surface area contributed by atoms with Crippen LogP contribution in [0.2, 0.25) is 0 Å². The summed E-state index contributed by atoms with van der Waals surface area (Å²) in [5.41, 5.74) is 1.57. The summed E-state index contributed by atoms with van der Waals surface area (Å²) in [6.07, 6.45) is 0. The number of hydrogen-bond acceptors (Lipinski definition) is 1. The monoisotopic (exact) mass is 202 g/mol. The number of benzene rings is 1. The molecule has 0 atom stereocenters. The molecule has 0 saturated carbocycles. The van der Waals surface area contributed by atoms with Crippen LogP contribution in [-0.4, -0.2) is 40.6 Å². The Bertz CT molecular complexity index is 309. The molecule has 3 heteroatoms. The zero-order valence-electron chi connectivity index (χ0n) is 8.16. The van der Waals surface area contributed by atoms with Crippen molar-refractivity contribution in [3.8, 4) is 0 Å². The molecule has 72 valence electrons. The van der Waals surface area contributed by atoms with E-state index in [9.17, 15) is 4.79 Å². The van der Waals surface area contributed by atoms with Crippen molar-refractivity contribution in [2.45, 2.75) is 26.2 Å². The van der Waals surface area contributed by atoms with Crippen molar-refractivity contribution in [1.82, 2.24) is 0 Å². The summed E-state index contributed by atoms with van der Waals surface area (Å²) < 4.78 is 0. The average molecular weight is 202 g/mol. The van der Waals surface area contributed by atoms with E-state index in [1.54, 1.807) is 12.1 Å². The molecule has 0 fully saturated rings. The Morgan fingerprint density at radius 2 is 1.57 bits per heavy atom. The van der Waals surface area contributed by atoms with E-state index in [0.717, 1.165) is 5.56 Å². The van der Waals surface area contributed by atoms with Crippen LogP contribution in [0.5, 0.6) is 0 Å². The van der Waals surface area contributed by atoms with Crippen molar-refractivity contribution >= 4 is 35.5 Å². The van der Waals surface area contributed by atoms with Crippen molar-refractivity contribution in [2.75, 3.05) is 0 Å². The number of carboxylic acids is 1. The van der Waals surface area contributed by atoms with Gasteiger partial charge in [0.1, 0.15) is 0 Å². The second-order valence-corrected chi connectivity index (χ2v) is 4.13. The first-order valence-corrected chi connectivity index (χ1v) is 4.25. The van der Waals surface area contributed by atoms with Gasteiger partial charge in [-0.3, -0.25) is 0 Å². The number of hydrogen-bond donors (Lipinski definition) is 1. The van der Waals surface area contributed by atoms with Gasteiger partial charge in [-0.05, 0) is 23.1 Å². The Labute approximate surface area is 107 Å². The third-order valence-electron chi connectivity index (χ3n) is 2.00. The van der Waals surface area contributed by atoms with Gasteiger partial charge in [0, 0.05) is 0 Å². The van der Waals surface area contributed by atoms with E-state index in [2.05, 4.69) is 20.8 Å². The van der Waals surface area contributed by atoms with Crippen molar-refractivity contribution in [1.29, 1.82) is 0 Å². The predicted molar refractivity (Wildman–Crippen MR) is 59.3 cm³/mol. The van der Waals surface area contributed by atoms with Gasteiger partial charge in [-0.25, -0.2) is 4.79 Å². The fourth-order valence-corrected chi connectivity index (χ4v) is 1.11. The van der Waals surface area contributed by atoms with Crippen LogP contribution < -0.4 is 0 Å². The van der Waals surface area contributed by atoms with Crippen LogP contribution in [0, 0.1) is 0 Å². The summed E-state index contributed by atoms with van der Waals surface area (Å²) in [4.78, 5) is 10.6. The topological polar surface area (TPSA) is 37.3 Å². The van der Waals surface area contributed by atoms with Crippen LogP contribution in [-0.2, 0) is 5.41 Å². The van der Waals surface area contributed by atoms with E-state index in [-0.39, 0.29) is 35.0 Å². The molecule has 0 heterocycles. The average Bonchev–Trinajstić information content (AvgIpc) is 2.03. The zero-order valence-corrected chi connectivity index (χ0v) is 8.16. The van der Waals surface area contributed by atoms with Crippen LogP contribution in [0.3, 0.4) is 0 Å². The van der Waals surface area contributed by atoms with Crippen molar-refractivity contribution < 1.29 is 9.90 Å². The number of carboxylic acid groups (broad SMARTS) is 1. The summed E-state index contributed by atoms with van der Waals surface area (Å²) >= 11 is 0. The molecule has 14 heavy (non-hydrogen) atoms. The normalized spacial score (nSPS) is 10.5. The zero-order chi connectivity index (χ0) is 10.1. The third kappa shape index (κ3) is 3.45. The molecule has 0 aromatic heterocycles. The number of carbonyl (C=O) groups is 1. The molecule has 0 unspecified atom stereocenters. The molecule has 0 bridgehead atoms. The van der Waals surface area contributed by atoms with E-state index in [1.165, 1.54) is 0 Å². The Morgan fingerprint density at radius 1 is 1.14 bits per heavy atom. The molecule has 0 saturated heterocycles. The first-order chi connectivity index (χ1) is 5.91. The SMILES string of the molecule is CC(C)(C)c1ccc(C(=O)O)cc1.[NaH]. The standard InChI is InChI=1S/C11H14O2.Na.H/c1-11(2,3)9-6-4-8(5-7-9)10(12)13;;/h4-7H,1-3H3,(H,12,13);;. The second-order valence-electron chi connectivity index (χ2n) is 4.13. The molecule has 0 aliphatic rings. The molecule has 0 aliphatic heterocycles. The number of aromatic carboxylic acids is 1. The maximum absolute atomic E-state index is 10.6. The Morgan fingerprint density at radius 3 is 1.86 bits per heavy atom. The first-order valence-electron chi connectivity index (χ1n) is 4.25. The summed E-state index contributed by atoms with van der Waals surface area (Å²) in [7, 11) is 0. The van der Waals surface area contributed by atoms with Crippen molar-refractivity contribution in [3.05, 3.63) is 35.4 Å². The first kappa shape index (κ1) is 13.7. The van der Waals surface area contributed by atoms with Crippen LogP contribution in [0.25, 0.3) is 0 Å². The van der Waals surface area contributed by atoms with E-state index in [0.29, 0.717) is 5.56 Å². The van der Waals surface area contributed by atoms with Gasteiger partial charge < -0.3 is 5.11 Å². The fraction of sp³-hybridized carbons (Fsp3) is 0.364. The van der Waals surface area contributed by atoms with Gasteiger partial charge >= 0.3 is 35.5 Å². The molecule has 1 aromatic carbocycles. The summed E-state index contributed by atoms with van der Waals surface area (Å²) in [5.74, 6) is -0.875.